The van der Waals surface area contributed by atoms with E-state index in [4.69, 9.17) is 5.73 Å². The van der Waals surface area contributed by atoms with Crippen LogP contribution in [0.15, 0.2) is 0 Å². The predicted octanol–water partition coefficient (Wildman–Crippen LogP) is 0.830. The molecule has 0 amide bonds. The van der Waals surface area contributed by atoms with Crippen LogP contribution in [-0.2, 0) is 0 Å². The van der Waals surface area contributed by atoms with Crippen LogP contribution in [-0.4, -0.2) is 30.8 Å². The number of quaternary nitrogens is 1. The van der Waals surface area contributed by atoms with Gasteiger partial charge in [0.1, 0.15) is 0 Å². The van der Waals surface area contributed by atoms with E-state index >= 15 is 0 Å². The summed E-state index contributed by atoms with van der Waals surface area (Å²) in [5.74, 6) is 0. The molecule has 0 spiro atoms. The zero-order valence-corrected chi connectivity index (χ0v) is 7.42. The van der Waals surface area contributed by atoms with Crippen LogP contribution in [0, 0.1) is 5.21 Å². The number of hydrogen-bond acceptors (Lipinski definition) is 2. The average molecular weight is 158 g/mol. The topological polar surface area (TPSA) is 49.1 Å². The standard InChI is InChI=1S/C8H18N2O/c1-10(2,11)8-5-3-7(9)4-6-8/h7-8H,3-6,9H2,1-2H3/t7-,8-. The molecule has 0 unspecified atom stereocenters. The molecule has 1 fully saturated rings. The van der Waals surface area contributed by atoms with Crippen molar-refractivity contribution in [2.45, 2.75) is 37.8 Å². The molecule has 3 heteroatoms. The Hall–Kier alpha value is -0.120. The van der Waals surface area contributed by atoms with Crippen molar-refractivity contribution < 1.29 is 4.65 Å². The van der Waals surface area contributed by atoms with Crippen molar-refractivity contribution in [1.29, 1.82) is 0 Å². The van der Waals surface area contributed by atoms with Gasteiger partial charge in [-0.05, 0) is 12.8 Å². The van der Waals surface area contributed by atoms with Crippen molar-refractivity contribution in [2.75, 3.05) is 14.1 Å². The Labute approximate surface area is 68.3 Å². The molecular formula is C8H18N2O. The molecule has 1 aliphatic rings. The van der Waals surface area contributed by atoms with Gasteiger partial charge in [-0.15, -0.1) is 0 Å². The van der Waals surface area contributed by atoms with Crippen LogP contribution in [0.25, 0.3) is 0 Å². The smallest absolute Gasteiger partial charge is 0.0884 e. The van der Waals surface area contributed by atoms with Gasteiger partial charge in [0, 0.05) is 18.9 Å². The van der Waals surface area contributed by atoms with Crippen molar-refractivity contribution in [3.05, 3.63) is 5.21 Å². The van der Waals surface area contributed by atoms with Gasteiger partial charge >= 0.3 is 0 Å². The third-order valence-electron chi connectivity index (χ3n) is 2.62. The Kier molecular flexibility index (Phi) is 2.52. The van der Waals surface area contributed by atoms with Crippen LogP contribution in [0.5, 0.6) is 0 Å². The molecule has 0 heterocycles. The Balaban J connectivity index is 2.39. The first-order valence-electron chi connectivity index (χ1n) is 4.30. The summed E-state index contributed by atoms with van der Waals surface area (Å²) in [6.45, 7) is 0. The number of rotatable bonds is 1. The second-order valence-electron chi connectivity index (χ2n) is 4.00. The highest BCUT2D eigenvalue weighted by Gasteiger charge is 2.25. The van der Waals surface area contributed by atoms with E-state index in [1.807, 2.05) is 0 Å². The highest BCUT2D eigenvalue weighted by molar-refractivity contribution is 4.74. The Bertz CT molecular complexity index is 123. The van der Waals surface area contributed by atoms with Gasteiger partial charge in [-0.3, -0.25) is 0 Å². The fraction of sp³-hybridized carbons (Fsp3) is 1.00. The van der Waals surface area contributed by atoms with Crippen LogP contribution in [0.4, 0.5) is 0 Å². The zero-order chi connectivity index (χ0) is 8.48. The molecule has 0 radical (unpaired) electrons. The minimum Gasteiger partial charge on any atom is -0.633 e. The fourth-order valence-corrected chi connectivity index (χ4v) is 1.72. The van der Waals surface area contributed by atoms with Gasteiger partial charge in [0.2, 0.25) is 0 Å². The first-order valence-corrected chi connectivity index (χ1v) is 4.30. The highest BCUT2D eigenvalue weighted by atomic mass is 16.5. The van der Waals surface area contributed by atoms with E-state index in [1.165, 1.54) is 0 Å². The predicted molar refractivity (Wildman–Crippen MR) is 45.7 cm³/mol. The van der Waals surface area contributed by atoms with E-state index in [2.05, 4.69) is 0 Å². The number of hydroxylamine groups is 3. The van der Waals surface area contributed by atoms with E-state index in [0.29, 0.717) is 6.04 Å². The summed E-state index contributed by atoms with van der Waals surface area (Å²) in [7, 11) is 3.45. The maximum absolute atomic E-state index is 11.5. The molecule has 11 heavy (non-hydrogen) atoms. The molecule has 1 aliphatic carbocycles. The lowest BCUT2D eigenvalue weighted by atomic mass is 9.91. The van der Waals surface area contributed by atoms with Crippen molar-refractivity contribution in [2.24, 2.45) is 5.73 Å². The number of nitrogens with zero attached hydrogens (tertiary/aromatic N) is 1. The minimum absolute atomic E-state index is 0.146. The third kappa shape index (κ3) is 2.43. The van der Waals surface area contributed by atoms with Gasteiger partial charge < -0.3 is 15.6 Å². The summed E-state index contributed by atoms with van der Waals surface area (Å²) in [6.07, 6.45) is 4.04. The minimum atomic E-state index is -0.146. The summed E-state index contributed by atoms with van der Waals surface area (Å²) in [5, 5.41) is 11.5. The first kappa shape index (κ1) is 8.97. The summed E-state index contributed by atoms with van der Waals surface area (Å²) >= 11 is 0. The van der Waals surface area contributed by atoms with E-state index in [0.717, 1.165) is 25.7 Å². The van der Waals surface area contributed by atoms with E-state index in [1.54, 1.807) is 14.1 Å². The number of hydrogen-bond donors (Lipinski definition) is 1. The molecule has 0 aromatic rings. The summed E-state index contributed by atoms with van der Waals surface area (Å²) in [5.41, 5.74) is 5.73. The molecule has 0 saturated heterocycles. The van der Waals surface area contributed by atoms with Crippen LogP contribution < -0.4 is 5.73 Å². The zero-order valence-electron chi connectivity index (χ0n) is 7.42. The van der Waals surface area contributed by atoms with Crippen LogP contribution in [0.1, 0.15) is 25.7 Å². The molecule has 1 saturated carbocycles. The summed E-state index contributed by atoms with van der Waals surface area (Å²) < 4.78 is -0.146. The molecule has 66 valence electrons. The van der Waals surface area contributed by atoms with Crippen molar-refractivity contribution in [3.63, 3.8) is 0 Å². The van der Waals surface area contributed by atoms with E-state index < -0.39 is 0 Å². The average Bonchev–Trinajstić information content (AvgIpc) is 1.86. The lowest BCUT2D eigenvalue weighted by Gasteiger charge is -2.44. The largest absolute Gasteiger partial charge is 0.633 e. The molecule has 0 aliphatic heterocycles. The maximum atomic E-state index is 11.5. The fourth-order valence-electron chi connectivity index (χ4n) is 1.72. The van der Waals surface area contributed by atoms with Gasteiger partial charge in [-0.2, -0.15) is 0 Å². The van der Waals surface area contributed by atoms with Crippen molar-refractivity contribution in [3.8, 4) is 0 Å². The maximum Gasteiger partial charge on any atom is 0.0884 e. The summed E-state index contributed by atoms with van der Waals surface area (Å²) in [4.78, 5) is 0. The van der Waals surface area contributed by atoms with Crippen LogP contribution in [0.3, 0.4) is 0 Å². The highest BCUT2D eigenvalue weighted by Crippen LogP contribution is 2.23. The second kappa shape index (κ2) is 3.09. The Morgan fingerprint density at radius 1 is 1.18 bits per heavy atom. The SMILES string of the molecule is C[N+](C)([O-])[C@H]1CC[C@H](N)CC1. The van der Waals surface area contributed by atoms with Crippen molar-refractivity contribution in [1.82, 2.24) is 0 Å². The lowest BCUT2D eigenvalue weighted by Crippen LogP contribution is -2.46. The van der Waals surface area contributed by atoms with Crippen LogP contribution >= 0.6 is 0 Å². The first-order chi connectivity index (χ1) is 5.00. The lowest BCUT2D eigenvalue weighted by molar-refractivity contribution is -0.868. The van der Waals surface area contributed by atoms with Gasteiger partial charge in [-0.25, -0.2) is 0 Å². The monoisotopic (exact) mass is 158 g/mol. The van der Waals surface area contributed by atoms with E-state index in [-0.39, 0.29) is 10.7 Å². The van der Waals surface area contributed by atoms with Gasteiger partial charge in [-0.1, -0.05) is 0 Å². The molecule has 0 atom stereocenters. The quantitative estimate of drug-likeness (QED) is 0.454. The van der Waals surface area contributed by atoms with Gasteiger partial charge in [0.15, 0.2) is 0 Å². The molecule has 3 nitrogen and oxygen atoms in total. The normalized spacial score (nSPS) is 33.8. The number of nitrogens with two attached hydrogens (primary N) is 1. The van der Waals surface area contributed by atoms with Gasteiger partial charge in [0.25, 0.3) is 0 Å². The second-order valence-corrected chi connectivity index (χ2v) is 4.00. The van der Waals surface area contributed by atoms with Crippen LogP contribution in [0.2, 0.25) is 0 Å². The molecule has 1 rings (SSSR count). The summed E-state index contributed by atoms with van der Waals surface area (Å²) in [6, 6.07) is 0.632. The van der Waals surface area contributed by atoms with Crippen molar-refractivity contribution >= 4 is 0 Å². The molecule has 2 N–H and O–H groups in total. The Morgan fingerprint density at radius 3 is 2.00 bits per heavy atom. The van der Waals surface area contributed by atoms with E-state index in [9.17, 15) is 5.21 Å². The third-order valence-corrected chi connectivity index (χ3v) is 2.62. The Morgan fingerprint density at radius 2 is 1.64 bits per heavy atom. The van der Waals surface area contributed by atoms with Gasteiger partial charge in [0.05, 0.1) is 20.1 Å². The molecule has 0 aromatic carbocycles. The molecule has 0 aromatic heterocycles. The molecule has 0 bridgehead atoms. The molecular weight excluding hydrogens is 140 g/mol.